The third kappa shape index (κ3) is 4.35. The quantitative estimate of drug-likeness (QED) is 0.831. The van der Waals surface area contributed by atoms with E-state index in [4.69, 9.17) is 21.1 Å². The minimum atomic E-state index is -0.0824. The maximum Gasteiger partial charge on any atom is 0.260 e. The van der Waals surface area contributed by atoms with Gasteiger partial charge in [-0.2, -0.15) is 0 Å². The maximum atomic E-state index is 12.3. The molecule has 1 aliphatic rings. The number of pyridine rings is 2. The molecule has 1 atom stereocenters. The van der Waals surface area contributed by atoms with Crippen molar-refractivity contribution in [1.82, 2.24) is 14.9 Å². The molecule has 3 rings (SSSR count). The zero-order valence-corrected chi connectivity index (χ0v) is 13.9. The largest absolute Gasteiger partial charge is 0.487 e. The molecule has 0 spiro atoms. The summed E-state index contributed by atoms with van der Waals surface area (Å²) in [4.78, 5) is 22.0. The van der Waals surface area contributed by atoms with E-state index in [1.54, 1.807) is 47.9 Å². The third-order valence-corrected chi connectivity index (χ3v) is 4.04. The highest BCUT2D eigenvalue weighted by atomic mass is 35.5. The predicted molar refractivity (Wildman–Crippen MR) is 89.2 cm³/mol. The van der Waals surface area contributed by atoms with E-state index in [0.717, 1.165) is 12.8 Å². The highest BCUT2D eigenvalue weighted by molar-refractivity contribution is 6.31. The molecule has 0 saturated carbocycles. The van der Waals surface area contributed by atoms with Crippen molar-refractivity contribution in [1.29, 1.82) is 0 Å². The van der Waals surface area contributed by atoms with Gasteiger partial charge in [0, 0.05) is 31.2 Å². The van der Waals surface area contributed by atoms with Crippen molar-refractivity contribution in [2.24, 2.45) is 0 Å². The lowest BCUT2D eigenvalue weighted by atomic mass is 10.1. The number of aromatic nitrogens is 2. The number of nitrogens with zero attached hydrogens (tertiary/aromatic N) is 3. The van der Waals surface area contributed by atoms with E-state index < -0.39 is 0 Å². The van der Waals surface area contributed by atoms with Gasteiger partial charge in [-0.1, -0.05) is 11.6 Å². The first-order chi connectivity index (χ1) is 11.7. The molecule has 1 unspecified atom stereocenters. The van der Waals surface area contributed by atoms with Gasteiger partial charge >= 0.3 is 0 Å². The molecule has 2 aromatic rings. The molecule has 1 amide bonds. The van der Waals surface area contributed by atoms with Crippen molar-refractivity contribution >= 4 is 17.5 Å². The number of carbonyl (C=O) groups excluding carboxylic acids is 1. The first kappa shape index (κ1) is 16.5. The van der Waals surface area contributed by atoms with Crippen LogP contribution >= 0.6 is 11.6 Å². The summed E-state index contributed by atoms with van der Waals surface area (Å²) in [6, 6.07) is 5.27. The Morgan fingerprint density at radius 1 is 1.29 bits per heavy atom. The van der Waals surface area contributed by atoms with Gasteiger partial charge in [0.15, 0.2) is 6.61 Å². The van der Waals surface area contributed by atoms with Crippen LogP contribution in [0.5, 0.6) is 11.5 Å². The highest BCUT2D eigenvalue weighted by Crippen LogP contribution is 2.25. The Hall–Kier alpha value is -2.34. The third-order valence-electron chi connectivity index (χ3n) is 3.76. The number of hydrogen-bond acceptors (Lipinski definition) is 5. The highest BCUT2D eigenvalue weighted by Gasteiger charge is 2.25. The number of hydrogen-bond donors (Lipinski definition) is 0. The van der Waals surface area contributed by atoms with E-state index in [-0.39, 0.29) is 18.6 Å². The van der Waals surface area contributed by atoms with Crippen molar-refractivity contribution in [3.05, 3.63) is 48.0 Å². The molecule has 0 aliphatic carbocycles. The molecule has 24 heavy (non-hydrogen) atoms. The van der Waals surface area contributed by atoms with Crippen LogP contribution in [-0.2, 0) is 4.79 Å². The van der Waals surface area contributed by atoms with Crippen LogP contribution in [0.25, 0.3) is 0 Å². The van der Waals surface area contributed by atoms with Crippen molar-refractivity contribution in [2.75, 3.05) is 19.7 Å². The minimum absolute atomic E-state index is 0.00553. The topological polar surface area (TPSA) is 64.5 Å². The number of likely N-dealkylation sites (tertiary alicyclic amines) is 1. The Bertz CT molecular complexity index is 684. The maximum absolute atomic E-state index is 12.3. The molecule has 3 heterocycles. The summed E-state index contributed by atoms with van der Waals surface area (Å²) >= 11 is 6.07. The van der Waals surface area contributed by atoms with E-state index in [1.807, 2.05) is 0 Å². The van der Waals surface area contributed by atoms with Gasteiger partial charge in [0.25, 0.3) is 5.91 Å². The molecule has 0 N–H and O–H groups in total. The summed E-state index contributed by atoms with van der Waals surface area (Å²) < 4.78 is 11.4. The molecule has 0 radical (unpaired) electrons. The van der Waals surface area contributed by atoms with Crippen LogP contribution in [0.4, 0.5) is 0 Å². The van der Waals surface area contributed by atoms with Crippen molar-refractivity contribution < 1.29 is 14.3 Å². The van der Waals surface area contributed by atoms with Crippen LogP contribution < -0.4 is 9.47 Å². The van der Waals surface area contributed by atoms with Gasteiger partial charge in [-0.25, -0.2) is 0 Å². The number of carbonyl (C=O) groups is 1. The Morgan fingerprint density at radius 2 is 2.17 bits per heavy atom. The fraction of sp³-hybridized carbons (Fsp3) is 0.353. The summed E-state index contributed by atoms with van der Waals surface area (Å²) in [5.41, 5.74) is 0. The van der Waals surface area contributed by atoms with E-state index in [2.05, 4.69) is 9.97 Å². The molecular formula is C17H18ClN3O3. The summed E-state index contributed by atoms with van der Waals surface area (Å²) in [6.07, 6.45) is 8.10. The Kier molecular flexibility index (Phi) is 5.48. The van der Waals surface area contributed by atoms with E-state index in [9.17, 15) is 4.79 Å². The smallest absolute Gasteiger partial charge is 0.260 e. The number of halogens is 1. The zero-order chi connectivity index (χ0) is 16.8. The first-order valence-corrected chi connectivity index (χ1v) is 8.17. The average Bonchev–Trinajstić information content (AvgIpc) is 2.63. The molecule has 1 saturated heterocycles. The number of rotatable bonds is 5. The lowest BCUT2D eigenvalue weighted by Crippen LogP contribution is -2.46. The van der Waals surface area contributed by atoms with Gasteiger partial charge in [-0.15, -0.1) is 0 Å². The van der Waals surface area contributed by atoms with Gasteiger partial charge in [0.05, 0.1) is 12.7 Å². The van der Waals surface area contributed by atoms with Crippen molar-refractivity contribution in [3.8, 4) is 11.5 Å². The standard InChI is InChI=1S/C17H18ClN3O3/c18-15-10-20-7-5-16(15)24-14-4-2-8-21(11-14)17(22)12-23-13-3-1-6-19-9-13/h1,3,5-7,9-10,14H,2,4,8,11-12H2. The number of ether oxygens (including phenoxy) is 2. The van der Waals surface area contributed by atoms with Gasteiger partial charge in [0.1, 0.15) is 22.6 Å². The van der Waals surface area contributed by atoms with Crippen LogP contribution in [0.1, 0.15) is 12.8 Å². The number of amides is 1. The molecule has 1 fully saturated rings. The van der Waals surface area contributed by atoms with Gasteiger partial charge in [0.2, 0.25) is 0 Å². The Labute approximate surface area is 145 Å². The van der Waals surface area contributed by atoms with Gasteiger partial charge in [-0.05, 0) is 25.0 Å². The number of piperidine rings is 1. The van der Waals surface area contributed by atoms with Crippen molar-refractivity contribution in [2.45, 2.75) is 18.9 Å². The second-order valence-electron chi connectivity index (χ2n) is 5.51. The van der Waals surface area contributed by atoms with Crippen LogP contribution in [0, 0.1) is 0 Å². The summed E-state index contributed by atoms with van der Waals surface area (Å²) in [5, 5.41) is 0.473. The van der Waals surface area contributed by atoms with Crippen LogP contribution in [0.3, 0.4) is 0 Å². The van der Waals surface area contributed by atoms with Crippen LogP contribution in [0.15, 0.2) is 43.0 Å². The van der Waals surface area contributed by atoms with Gasteiger partial charge in [-0.3, -0.25) is 14.8 Å². The summed E-state index contributed by atoms with van der Waals surface area (Å²) in [6.45, 7) is 1.22. The predicted octanol–water partition coefficient (Wildman–Crippen LogP) is 2.58. The molecule has 2 aromatic heterocycles. The van der Waals surface area contributed by atoms with Crippen molar-refractivity contribution in [3.63, 3.8) is 0 Å². The SMILES string of the molecule is O=C(COc1cccnc1)N1CCCC(Oc2ccncc2Cl)C1. The second-order valence-corrected chi connectivity index (χ2v) is 5.91. The molecular weight excluding hydrogens is 330 g/mol. The Morgan fingerprint density at radius 3 is 2.96 bits per heavy atom. The molecule has 7 heteroatoms. The molecule has 0 bridgehead atoms. The molecule has 1 aliphatic heterocycles. The monoisotopic (exact) mass is 347 g/mol. The van der Waals surface area contributed by atoms with Crippen LogP contribution in [-0.4, -0.2) is 46.6 Å². The van der Waals surface area contributed by atoms with E-state index in [0.29, 0.717) is 29.6 Å². The summed E-state index contributed by atoms with van der Waals surface area (Å²) in [7, 11) is 0. The Balaban J connectivity index is 1.53. The molecule has 126 valence electrons. The fourth-order valence-electron chi connectivity index (χ4n) is 2.57. The van der Waals surface area contributed by atoms with E-state index in [1.165, 1.54) is 0 Å². The lowest BCUT2D eigenvalue weighted by molar-refractivity contribution is -0.136. The van der Waals surface area contributed by atoms with E-state index >= 15 is 0 Å². The van der Waals surface area contributed by atoms with Crippen LogP contribution in [0.2, 0.25) is 5.02 Å². The lowest BCUT2D eigenvalue weighted by Gasteiger charge is -2.33. The molecule has 6 nitrogen and oxygen atoms in total. The fourth-order valence-corrected chi connectivity index (χ4v) is 2.73. The minimum Gasteiger partial charge on any atom is -0.487 e. The first-order valence-electron chi connectivity index (χ1n) is 7.79. The van der Waals surface area contributed by atoms with Gasteiger partial charge < -0.3 is 14.4 Å². The second kappa shape index (κ2) is 7.97. The zero-order valence-electron chi connectivity index (χ0n) is 13.1. The molecule has 0 aromatic carbocycles. The summed E-state index contributed by atoms with van der Waals surface area (Å²) in [5.74, 6) is 1.12. The average molecular weight is 348 g/mol. The normalized spacial score (nSPS) is 17.4.